The second-order valence-electron chi connectivity index (χ2n) is 4.92. The highest BCUT2D eigenvalue weighted by Crippen LogP contribution is 2.25. The lowest BCUT2D eigenvalue weighted by molar-refractivity contribution is -0.139. The highest BCUT2D eigenvalue weighted by molar-refractivity contribution is 5.82. The minimum atomic E-state index is -0.962. The lowest BCUT2D eigenvalue weighted by Crippen LogP contribution is -2.52. The highest BCUT2D eigenvalue weighted by Gasteiger charge is 2.28. The summed E-state index contributed by atoms with van der Waals surface area (Å²) in [4.78, 5) is 22.5. The van der Waals surface area contributed by atoms with E-state index in [4.69, 9.17) is 5.11 Å². The van der Waals surface area contributed by atoms with Crippen molar-refractivity contribution in [1.29, 1.82) is 0 Å². The molecule has 1 aliphatic carbocycles. The van der Waals surface area contributed by atoms with Gasteiger partial charge in [0.15, 0.2) is 0 Å². The van der Waals surface area contributed by atoms with E-state index in [-0.39, 0.29) is 12.1 Å². The summed E-state index contributed by atoms with van der Waals surface area (Å²) in [6, 6.07) is -0.913. The normalized spacial score (nSPS) is 24.6. The van der Waals surface area contributed by atoms with Gasteiger partial charge in [0.2, 0.25) is 0 Å². The highest BCUT2D eigenvalue weighted by atomic mass is 16.4. The molecule has 5 nitrogen and oxygen atoms in total. The van der Waals surface area contributed by atoms with E-state index >= 15 is 0 Å². The second-order valence-corrected chi connectivity index (χ2v) is 4.92. The summed E-state index contributed by atoms with van der Waals surface area (Å²) in [5.74, 6) is -0.300. The standard InChI is InChI=1S/C12H22N2O3/c1-3-4-5-10(11(15)16)14-12(17)13-9-6-8(2)7-9/h8-10H,3-7H2,1-2H3,(H,15,16)(H2,13,14,17)/t8?,9?,10-/m0/s1. The molecule has 1 atom stereocenters. The third kappa shape index (κ3) is 4.63. The van der Waals surface area contributed by atoms with Crippen LogP contribution < -0.4 is 10.6 Å². The molecule has 2 amide bonds. The van der Waals surface area contributed by atoms with Crippen LogP contribution in [0.3, 0.4) is 0 Å². The molecule has 0 aliphatic heterocycles. The molecule has 0 aromatic rings. The van der Waals surface area contributed by atoms with Crippen LogP contribution in [0.2, 0.25) is 0 Å². The number of carbonyl (C=O) groups excluding carboxylic acids is 1. The molecule has 0 aromatic heterocycles. The van der Waals surface area contributed by atoms with Crippen molar-refractivity contribution in [3.05, 3.63) is 0 Å². The number of hydrogen-bond donors (Lipinski definition) is 3. The maximum atomic E-state index is 11.5. The maximum absolute atomic E-state index is 11.5. The fourth-order valence-corrected chi connectivity index (χ4v) is 2.07. The number of carboxylic acids is 1. The van der Waals surface area contributed by atoms with Gasteiger partial charge in [0.1, 0.15) is 6.04 Å². The molecule has 98 valence electrons. The van der Waals surface area contributed by atoms with E-state index in [1.54, 1.807) is 0 Å². The van der Waals surface area contributed by atoms with Crippen molar-refractivity contribution in [1.82, 2.24) is 10.6 Å². The summed E-state index contributed by atoms with van der Waals surface area (Å²) in [7, 11) is 0. The molecule has 5 heteroatoms. The number of nitrogens with one attached hydrogen (secondary N) is 2. The van der Waals surface area contributed by atoms with Gasteiger partial charge in [-0.15, -0.1) is 0 Å². The van der Waals surface area contributed by atoms with Crippen LogP contribution in [0.15, 0.2) is 0 Å². The first kappa shape index (κ1) is 13.8. The lowest BCUT2D eigenvalue weighted by atomic mass is 9.82. The van der Waals surface area contributed by atoms with Crippen LogP contribution in [0.5, 0.6) is 0 Å². The fourth-order valence-electron chi connectivity index (χ4n) is 2.07. The molecule has 1 aliphatic rings. The van der Waals surface area contributed by atoms with Crippen LogP contribution in [-0.2, 0) is 4.79 Å². The van der Waals surface area contributed by atoms with E-state index in [9.17, 15) is 9.59 Å². The molecule has 0 bridgehead atoms. The molecular formula is C12H22N2O3. The number of rotatable bonds is 6. The molecule has 0 unspecified atom stereocenters. The molecule has 3 N–H and O–H groups in total. The Morgan fingerprint density at radius 3 is 2.53 bits per heavy atom. The van der Waals surface area contributed by atoms with E-state index in [1.807, 2.05) is 6.92 Å². The minimum absolute atomic E-state index is 0.214. The summed E-state index contributed by atoms with van der Waals surface area (Å²) >= 11 is 0. The summed E-state index contributed by atoms with van der Waals surface area (Å²) < 4.78 is 0. The molecule has 0 spiro atoms. The molecule has 0 heterocycles. The van der Waals surface area contributed by atoms with Crippen molar-refractivity contribution < 1.29 is 14.7 Å². The Morgan fingerprint density at radius 2 is 2.06 bits per heavy atom. The first-order chi connectivity index (χ1) is 8.02. The molecule has 17 heavy (non-hydrogen) atoms. The first-order valence-corrected chi connectivity index (χ1v) is 6.32. The van der Waals surface area contributed by atoms with Gasteiger partial charge in [-0.1, -0.05) is 26.7 Å². The van der Waals surface area contributed by atoms with Crippen molar-refractivity contribution in [2.24, 2.45) is 5.92 Å². The summed E-state index contributed by atoms with van der Waals surface area (Å²) in [6.07, 6.45) is 4.19. The van der Waals surface area contributed by atoms with Crippen LogP contribution in [-0.4, -0.2) is 29.2 Å². The number of amides is 2. The first-order valence-electron chi connectivity index (χ1n) is 6.32. The Hall–Kier alpha value is -1.26. The topological polar surface area (TPSA) is 78.4 Å². The minimum Gasteiger partial charge on any atom is -0.480 e. The lowest BCUT2D eigenvalue weighted by Gasteiger charge is -2.33. The number of urea groups is 1. The quantitative estimate of drug-likeness (QED) is 0.663. The molecular weight excluding hydrogens is 220 g/mol. The van der Waals surface area contributed by atoms with Gasteiger partial charge in [0, 0.05) is 6.04 Å². The molecule has 0 radical (unpaired) electrons. The summed E-state index contributed by atoms with van der Waals surface area (Å²) in [5, 5.41) is 14.3. The van der Waals surface area contributed by atoms with Gasteiger partial charge in [-0.3, -0.25) is 0 Å². The van der Waals surface area contributed by atoms with Crippen molar-refractivity contribution in [3.63, 3.8) is 0 Å². The average molecular weight is 242 g/mol. The number of aliphatic carboxylic acids is 1. The van der Waals surface area contributed by atoms with Gasteiger partial charge in [-0.05, 0) is 25.2 Å². The zero-order valence-corrected chi connectivity index (χ0v) is 10.5. The monoisotopic (exact) mass is 242 g/mol. The zero-order chi connectivity index (χ0) is 12.8. The Balaban J connectivity index is 2.28. The Kier molecular flexibility index (Phi) is 5.25. The third-order valence-corrected chi connectivity index (χ3v) is 3.16. The van der Waals surface area contributed by atoms with Gasteiger partial charge in [0.05, 0.1) is 0 Å². The number of carbonyl (C=O) groups is 2. The smallest absolute Gasteiger partial charge is 0.326 e. The maximum Gasteiger partial charge on any atom is 0.326 e. The fraction of sp³-hybridized carbons (Fsp3) is 0.833. The Labute approximate surface area is 102 Å². The number of carboxylic acid groups (broad SMARTS) is 1. The van der Waals surface area contributed by atoms with E-state index in [0.717, 1.165) is 25.7 Å². The van der Waals surface area contributed by atoms with Gasteiger partial charge in [0.25, 0.3) is 0 Å². The van der Waals surface area contributed by atoms with Gasteiger partial charge in [-0.25, -0.2) is 9.59 Å². The number of unbranched alkanes of at least 4 members (excludes halogenated alkanes) is 1. The van der Waals surface area contributed by atoms with Crippen LogP contribution in [0, 0.1) is 5.92 Å². The van der Waals surface area contributed by atoms with Crippen molar-refractivity contribution >= 4 is 12.0 Å². The molecule has 1 fully saturated rings. The van der Waals surface area contributed by atoms with Crippen LogP contribution in [0.1, 0.15) is 46.0 Å². The van der Waals surface area contributed by atoms with Gasteiger partial charge in [-0.2, -0.15) is 0 Å². The van der Waals surface area contributed by atoms with E-state index in [1.165, 1.54) is 0 Å². The molecule has 0 aromatic carbocycles. The predicted octanol–water partition coefficient (Wildman–Crippen LogP) is 1.73. The van der Waals surface area contributed by atoms with Gasteiger partial charge < -0.3 is 15.7 Å². The zero-order valence-electron chi connectivity index (χ0n) is 10.5. The van der Waals surface area contributed by atoms with Crippen LogP contribution in [0.4, 0.5) is 4.79 Å². The van der Waals surface area contributed by atoms with Crippen molar-refractivity contribution in [2.45, 2.75) is 58.0 Å². The van der Waals surface area contributed by atoms with E-state index in [0.29, 0.717) is 12.3 Å². The van der Waals surface area contributed by atoms with E-state index < -0.39 is 12.0 Å². The SMILES string of the molecule is CCCC[C@H](NC(=O)NC1CC(C)C1)C(=O)O. The molecule has 1 rings (SSSR count). The Morgan fingerprint density at radius 1 is 1.41 bits per heavy atom. The number of hydrogen-bond acceptors (Lipinski definition) is 2. The molecule has 1 saturated carbocycles. The van der Waals surface area contributed by atoms with Crippen LogP contribution >= 0.6 is 0 Å². The van der Waals surface area contributed by atoms with Crippen LogP contribution in [0.25, 0.3) is 0 Å². The summed E-state index contributed by atoms with van der Waals surface area (Å²) in [6.45, 7) is 4.13. The molecule has 0 saturated heterocycles. The Bertz CT molecular complexity index is 275. The average Bonchev–Trinajstić information content (AvgIpc) is 2.21. The predicted molar refractivity (Wildman–Crippen MR) is 64.8 cm³/mol. The second kappa shape index (κ2) is 6.47. The van der Waals surface area contributed by atoms with Crippen molar-refractivity contribution in [3.8, 4) is 0 Å². The third-order valence-electron chi connectivity index (χ3n) is 3.16. The van der Waals surface area contributed by atoms with E-state index in [2.05, 4.69) is 17.6 Å². The largest absolute Gasteiger partial charge is 0.480 e. The van der Waals surface area contributed by atoms with Gasteiger partial charge >= 0.3 is 12.0 Å². The summed E-state index contributed by atoms with van der Waals surface area (Å²) in [5.41, 5.74) is 0. The van der Waals surface area contributed by atoms with Crippen molar-refractivity contribution in [2.75, 3.05) is 0 Å².